The van der Waals surface area contributed by atoms with Crippen molar-refractivity contribution in [3.05, 3.63) is 11.7 Å². The summed E-state index contributed by atoms with van der Waals surface area (Å²) in [7, 11) is 0. The van der Waals surface area contributed by atoms with Crippen molar-refractivity contribution in [1.29, 1.82) is 0 Å². The average Bonchev–Trinajstić information content (AvgIpc) is 2.73. The van der Waals surface area contributed by atoms with Gasteiger partial charge < -0.3 is 15.0 Å². The average molecular weight is 269 g/mol. The minimum Gasteiger partial charge on any atom is -0.377 e. The lowest BCUT2D eigenvalue weighted by molar-refractivity contribution is 0.0665. The largest absolute Gasteiger partial charge is 0.377 e. The Labute approximate surface area is 115 Å². The van der Waals surface area contributed by atoms with Gasteiger partial charge in [-0.3, -0.25) is 0 Å². The predicted molar refractivity (Wildman–Crippen MR) is 74.6 cm³/mol. The Morgan fingerprint density at radius 1 is 1.26 bits per heavy atom. The third-order valence-corrected chi connectivity index (χ3v) is 3.38. The summed E-state index contributed by atoms with van der Waals surface area (Å²) in [6, 6.07) is -0.329. The molecule has 1 aromatic heterocycles. The van der Waals surface area contributed by atoms with Gasteiger partial charge in [0.1, 0.15) is 0 Å². The highest BCUT2D eigenvalue weighted by atomic mass is 16.5. The molecule has 0 aromatic carbocycles. The molecule has 0 aliphatic rings. The summed E-state index contributed by atoms with van der Waals surface area (Å²) in [5.41, 5.74) is 6.18. The highest BCUT2D eigenvalue weighted by Gasteiger charge is 2.23. The van der Waals surface area contributed by atoms with Crippen LogP contribution in [0.1, 0.15) is 59.3 Å². The van der Waals surface area contributed by atoms with E-state index in [0.717, 1.165) is 6.42 Å². The Morgan fingerprint density at radius 2 is 1.89 bits per heavy atom. The zero-order chi connectivity index (χ0) is 14.6. The first-order valence-corrected chi connectivity index (χ1v) is 6.89. The molecule has 0 saturated carbocycles. The van der Waals surface area contributed by atoms with Crippen molar-refractivity contribution in [3.63, 3.8) is 0 Å². The second-order valence-electron chi connectivity index (χ2n) is 6.51. The molecule has 19 heavy (non-hydrogen) atoms. The monoisotopic (exact) mass is 269 g/mol. The van der Waals surface area contributed by atoms with E-state index >= 15 is 0 Å². The van der Waals surface area contributed by atoms with Gasteiger partial charge in [-0.25, -0.2) is 0 Å². The Kier molecular flexibility index (Phi) is 5.50. The lowest BCUT2D eigenvalue weighted by atomic mass is 9.80. The minimum atomic E-state index is -0.329. The SMILES string of the molecule is CC(C)OCC(N)c1noc(CC(C)C(C)(C)C)n1. The van der Waals surface area contributed by atoms with Crippen LogP contribution < -0.4 is 5.73 Å². The summed E-state index contributed by atoms with van der Waals surface area (Å²) < 4.78 is 10.7. The standard InChI is InChI=1S/C14H27N3O2/c1-9(2)18-8-11(15)13-16-12(19-17-13)7-10(3)14(4,5)6/h9-11H,7-8,15H2,1-6H3. The van der Waals surface area contributed by atoms with Crippen molar-refractivity contribution >= 4 is 0 Å². The summed E-state index contributed by atoms with van der Waals surface area (Å²) in [6.07, 6.45) is 0.923. The maximum atomic E-state index is 5.96. The number of rotatable bonds is 6. The molecule has 0 radical (unpaired) electrons. The van der Waals surface area contributed by atoms with Crippen LogP contribution in [0.25, 0.3) is 0 Å². The second-order valence-corrected chi connectivity index (χ2v) is 6.51. The molecule has 2 atom stereocenters. The summed E-state index contributed by atoms with van der Waals surface area (Å²) in [5.74, 6) is 1.64. The van der Waals surface area contributed by atoms with Crippen molar-refractivity contribution in [1.82, 2.24) is 10.1 Å². The van der Waals surface area contributed by atoms with Gasteiger partial charge in [0.05, 0.1) is 18.8 Å². The first-order chi connectivity index (χ1) is 8.70. The van der Waals surface area contributed by atoms with E-state index in [9.17, 15) is 0 Å². The van der Waals surface area contributed by atoms with Gasteiger partial charge in [0.15, 0.2) is 5.82 Å². The molecule has 0 saturated heterocycles. The van der Waals surface area contributed by atoms with Gasteiger partial charge in [-0.05, 0) is 25.2 Å². The van der Waals surface area contributed by atoms with E-state index < -0.39 is 0 Å². The molecular weight excluding hydrogens is 242 g/mol. The Bertz CT molecular complexity index is 382. The second kappa shape index (κ2) is 6.48. The number of nitrogens with zero attached hydrogens (tertiary/aromatic N) is 2. The molecule has 5 nitrogen and oxygen atoms in total. The first-order valence-electron chi connectivity index (χ1n) is 6.89. The molecule has 0 aliphatic carbocycles. The fourth-order valence-corrected chi connectivity index (χ4v) is 1.44. The molecule has 1 rings (SSSR count). The summed E-state index contributed by atoms with van der Waals surface area (Å²) in [6.45, 7) is 13.2. The molecule has 110 valence electrons. The molecule has 2 N–H and O–H groups in total. The van der Waals surface area contributed by atoms with Crippen LogP contribution in [0.4, 0.5) is 0 Å². The van der Waals surface area contributed by atoms with Gasteiger partial charge in [-0.1, -0.05) is 32.9 Å². The van der Waals surface area contributed by atoms with E-state index in [1.54, 1.807) is 0 Å². The molecule has 5 heteroatoms. The number of ether oxygens (including phenoxy) is 1. The van der Waals surface area contributed by atoms with Gasteiger partial charge >= 0.3 is 0 Å². The summed E-state index contributed by atoms with van der Waals surface area (Å²) in [4.78, 5) is 4.36. The third kappa shape index (κ3) is 5.28. The Hall–Kier alpha value is -0.940. The van der Waals surface area contributed by atoms with Crippen LogP contribution >= 0.6 is 0 Å². The first kappa shape index (κ1) is 16.1. The number of hydrogen-bond donors (Lipinski definition) is 1. The van der Waals surface area contributed by atoms with Crippen LogP contribution in [0.15, 0.2) is 4.52 Å². The fourth-order valence-electron chi connectivity index (χ4n) is 1.44. The normalized spacial score (nSPS) is 15.8. The molecule has 2 unspecified atom stereocenters. The van der Waals surface area contributed by atoms with E-state index in [4.69, 9.17) is 15.0 Å². The zero-order valence-electron chi connectivity index (χ0n) is 12.9. The molecule has 0 bridgehead atoms. The van der Waals surface area contributed by atoms with Crippen LogP contribution in [0.5, 0.6) is 0 Å². The van der Waals surface area contributed by atoms with E-state index in [0.29, 0.717) is 24.2 Å². The quantitative estimate of drug-likeness (QED) is 0.859. The van der Waals surface area contributed by atoms with Gasteiger partial charge in [-0.15, -0.1) is 0 Å². The molecule has 0 fully saturated rings. The van der Waals surface area contributed by atoms with Crippen LogP contribution in [0.2, 0.25) is 0 Å². The molecule has 1 heterocycles. The maximum Gasteiger partial charge on any atom is 0.226 e. The van der Waals surface area contributed by atoms with Crippen molar-refractivity contribution in [3.8, 4) is 0 Å². The number of nitrogens with two attached hydrogens (primary N) is 1. The topological polar surface area (TPSA) is 74.2 Å². The van der Waals surface area contributed by atoms with Crippen molar-refractivity contribution in [2.45, 2.75) is 60.1 Å². The number of aromatic nitrogens is 2. The smallest absolute Gasteiger partial charge is 0.226 e. The van der Waals surface area contributed by atoms with Crippen LogP contribution in [0, 0.1) is 11.3 Å². The van der Waals surface area contributed by atoms with Crippen LogP contribution in [0.3, 0.4) is 0 Å². The van der Waals surface area contributed by atoms with Gasteiger partial charge in [0, 0.05) is 6.42 Å². The lowest BCUT2D eigenvalue weighted by Crippen LogP contribution is -2.21. The highest BCUT2D eigenvalue weighted by molar-refractivity contribution is 4.94. The van der Waals surface area contributed by atoms with Crippen molar-refractivity contribution < 1.29 is 9.26 Å². The van der Waals surface area contributed by atoms with Gasteiger partial charge in [0.2, 0.25) is 5.89 Å². The van der Waals surface area contributed by atoms with Crippen molar-refractivity contribution in [2.24, 2.45) is 17.1 Å². The van der Waals surface area contributed by atoms with E-state index in [1.165, 1.54) is 0 Å². The van der Waals surface area contributed by atoms with Gasteiger partial charge in [-0.2, -0.15) is 4.98 Å². The molecular formula is C14H27N3O2. The van der Waals surface area contributed by atoms with Crippen LogP contribution in [-0.2, 0) is 11.2 Å². The third-order valence-electron chi connectivity index (χ3n) is 3.38. The van der Waals surface area contributed by atoms with Crippen LogP contribution in [-0.4, -0.2) is 22.9 Å². The summed E-state index contributed by atoms with van der Waals surface area (Å²) >= 11 is 0. The molecule has 1 aromatic rings. The zero-order valence-corrected chi connectivity index (χ0v) is 12.9. The number of hydrogen-bond acceptors (Lipinski definition) is 5. The maximum absolute atomic E-state index is 5.96. The summed E-state index contributed by atoms with van der Waals surface area (Å²) in [5, 5.41) is 3.94. The van der Waals surface area contributed by atoms with E-state index in [2.05, 4.69) is 37.8 Å². The van der Waals surface area contributed by atoms with E-state index in [-0.39, 0.29) is 17.6 Å². The van der Waals surface area contributed by atoms with E-state index in [1.807, 2.05) is 13.8 Å². The Balaban J connectivity index is 2.57. The van der Waals surface area contributed by atoms with Gasteiger partial charge in [0.25, 0.3) is 0 Å². The predicted octanol–water partition coefficient (Wildman–Crippen LogP) is 2.72. The van der Waals surface area contributed by atoms with Crippen molar-refractivity contribution in [2.75, 3.05) is 6.61 Å². The molecule has 0 aliphatic heterocycles. The molecule has 0 amide bonds. The fraction of sp³-hybridized carbons (Fsp3) is 0.857. The minimum absolute atomic E-state index is 0.151. The highest BCUT2D eigenvalue weighted by Crippen LogP contribution is 2.28. The Morgan fingerprint density at radius 3 is 2.42 bits per heavy atom. The lowest BCUT2D eigenvalue weighted by Gasteiger charge is -2.25. The molecule has 0 spiro atoms.